The normalized spacial score (nSPS) is 14.9. The first kappa shape index (κ1) is 11.3. The number of hydrogen-bond acceptors (Lipinski definition) is 4. The number of nitrogens with one attached hydrogen (secondary N) is 1. The Hall–Kier alpha value is -2.75. The maximum absolute atomic E-state index is 11.1. The van der Waals surface area contributed by atoms with Crippen molar-refractivity contribution < 1.29 is 4.79 Å². The first-order valence-corrected chi connectivity index (χ1v) is 5.91. The van der Waals surface area contributed by atoms with Crippen molar-refractivity contribution in [2.75, 3.05) is 5.43 Å². The number of aliphatic imine (C=N–C) groups is 1. The van der Waals surface area contributed by atoms with Crippen molar-refractivity contribution in [3.05, 3.63) is 60.2 Å². The highest BCUT2D eigenvalue weighted by atomic mass is 16.1. The van der Waals surface area contributed by atoms with Crippen molar-refractivity contribution in [2.45, 2.75) is 0 Å². The van der Waals surface area contributed by atoms with Gasteiger partial charge >= 0.3 is 0 Å². The van der Waals surface area contributed by atoms with Crippen molar-refractivity contribution in [3.8, 4) is 0 Å². The van der Waals surface area contributed by atoms with E-state index in [1.165, 1.54) is 0 Å². The molecule has 0 fully saturated rings. The quantitative estimate of drug-likeness (QED) is 0.671. The summed E-state index contributed by atoms with van der Waals surface area (Å²) < 4.78 is 0. The van der Waals surface area contributed by atoms with E-state index < -0.39 is 0 Å². The van der Waals surface area contributed by atoms with Crippen LogP contribution in [0.2, 0.25) is 0 Å². The number of carbonyl (C=O) groups is 1. The molecule has 0 amide bonds. The maximum atomic E-state index is 11.1. The first-order chi connectivity index (χ1) is 9.38. The molecule has 0 saturated heterocycles. The lowest BCUT2D eigenvalue weighted by molar-refractivity contribution is -0.102. The van der Waals surface area contributed by atoms with E-state index >= 15 is 0 Å². The third-order valence-electron chi connectivity index (χ3n) is 2.82. The van der Waals surface area contributed by atoms with Gasteiger partial charge in [-0.15, -0.1) is 0 Å². The minimum atomic E-state index is 0.352. The second-order valence-electron chi connectivity index (χ2n) is 4.07. The molecular formula is C15H11N3O. The van der Waals surface area contributed by atoms with Gasteiger partial charge in [-0.2, -0.15) is 5.10 Å². The van der Waals surface area contributed by atoms with E-state index in [0.717, 1.165) is 23.2 Å². The Balaban J connectivity index is 1.95. The molecule has 0 aromatic heterocycles. The predicted octanol–water partition coefficient (Wildman–Crippen LogP) is 2.79. The summed E-state index contributed by atoms with van der Waals surface area (Å²) in [7, 11) is 0. The lowest BCUT2D eigenvalue weighted by atomic mass is 10.1. The van der Waals surface area contributed by atoms with Gasteiger partial charge in [0.05, 0.1) is 11.4 Å². The fraction of sp³-hybridized carbons (Fsp3) is 0. The molecule has 4 heteroatoms. The molecule has 0 saturated carbocycles. The molecule has 3 rings (SSSR count). The summed E-state index contributed by atoms with van der Waals surface area (Å²) in [5, 5.41) is 4.29. The van der Waals surface area contributed by atoms with Crippen molar-refractivity contribution in [1.82, 2.24) is 0 Å². The van der Waals surface area contributed by atoms with Crippen molar-refractivity contribution in [3.63, 3.8) is 0 Å². The number of nitrogens with zero attached hydrogens (tertiary/aromatic N) is 2. The lowest BCUT2D eigenvalue weighted by Gasteiger charge is -2.02. The minimum Gasteiger partial charge on any atom is -0.296 e. The number of carbonyl (C=O) groups excluding carboxylic acids is 1. The van der Waals surface area contributed by atoms with Crippen LogP contribution < -0.4 is 5.43 Å². The summed E-state index contributed by atoms with van der Waals surface area (Å²) in [6.45, 7) is 0. The molecule has 1 aliphatic heterocycles. The summed E-state index contributed by atoms with van der Waals surface area (Å²) >= 11 is 0. The van der Waals surface area contributed by atoms with Gasteiger partial charge in [-0.25, -0.2) is 4.99 Å². The average molecular weight is 249 g/mol. The fourth-order valence-corrected chi connectivity index (χ4v) is 1.92. The largest absolute Gasteiger partial charge is 0.296 e. The zero-order chi connectivity index (χ0) is 13.1. The minimum absolute atomic E-state index is 0.352. The Bertz CT molecular complexity index is 675. The summed E-state index contributed by atoms with van der Waals surface area (Å²) in [5.41, 5.74) is 6.38. The SMILES string of the molecule is O=CC1=Nc2ccccc2C1=NNc1ccccc1. The van der Waals surface area contributed by atoms with E-state index in [1.54, 1.807) is 0 Å². The van der Waals surface area contributed by atoms with Crippen LogP contribution >= 0.6 is 0 Å². The monoisotopic (exact) mass is 249 g/mol. The molecule has 19 heavy (non-hydrogen) atoms. The molecule has 0 unspecified atom stereocenters. The van der Waals surface area contributed by atoms with Gasteiger partial charge in [0.25, 0.3) is 0 Å². The van der Waals surface area contributed by atoms with Crippen LogP contribution in [0, 0.1) is 0 Å². The van der Waals surface area contributed by atoms with Crippen molar-refractivity contribution in [1.29, 1.82) is 0 Å². The first-order valence-electron chi connectivity index (χ1n) is 5.91. The summed E-state index contributed by atoms with van der Waals surface area (Å²) in [4.78, 5) is 15.3. The lowest BCUT2D eigenvalue weighted by Crippen LogP contribution is -2.14. The van der Waals surface area contributed by atoms with Crippen LogP contribution in [0.5, 0.6) is 0 Å². The Morgan fingerprint density at radius 1 is 1.00 bits per heavy atom. The number of rotatable bonds is 3. The molecular weight excluding hydrogens is 238 g/mol. The number of aldehydes is 1. The van der Waals surface area contributed by atoms with Crippen molar-refractivity contribution >= 4 is 29.1 Å². The van der Waals surface area contributed by atoms with Crippen molar-refractivity contribution in [2.24, 2.45) is 10.1 Å². The molecule has 2 aromatic carbocycles. The third-order valence-corrected chi connectivity index (χ3v) is 2.82. The molecule has 1 aliphatic rings. The standard InChI is InChI=1S/C15H11N3O/c19-10-14-15(12-8-4-5-9-13(12)16-14)18-17-11-6-2-1-3-7-11/h1-10,17H. The van der Waals surface area contributed by atoms with Gasteiger partial charge in [0, 0.05) is 5.56 Å². The van der Waals surface area contributed by atoms with Gasteiger partial charge in [-0.1, -0.05) is 36.4 Å². The zero-order valence-electron chi connectivity index (χ0n) is 10.1. The number of fused-ring (bicyclic) bond motifs is 1. The Labute approximate surface area is 110 Å². The number of anilines is 1. The van der Waals surface area contributed by atoms with Crippen LogP contribution in [0.15, 0.2) is 64.7 Å². The van der Waals surface area contributed by atoms with E-state index in [0.29, 0.717) is 11.4 Å². The Morgan fingerprint density at radius 3 is 2.53 bits per heavy atom. The van der Waals surface area contributed by atoms with E-state index in [-0.39, 0.29) is 0 Å². The number of hydrazone groups is 1. The molecule has 0 aliphatic carbocycles. The van der Waals surface area contributed by atoms with E-state index in [4.69, 9.17) is 0 Å². The predicted molar refractivity (Wildman–Crippen MR) is 76.2 cm³/mol. The second-order valence-corrected chi connectivity index (χ2v) is 4.07. The molecule has 2 aromatic rings. The smallest absolute Gasteiger partial charge is 0.170 e. The van der Waals surface area contributed by atoms with Gasteiger partial charge in [0.15, 0.2) is 6.29 Å². The zero-order valence-corrected chi connectivity index (χ0v) is 10.1. The number of benzene rings is 2. The summed E-state index contributed by atoms with van der Waals surface area (Å²) in [6.07, 6.45) is 0.728. The van der Waals surface area contributed by atoms with Gasteiger partial charge in [-0.3, -0.25) is 10.2 Å². The maximum Gasteiger partial charge on any atom is 0.170 e. The van der Waals surface area contributed by atoms with E-state index in [1.807, 2.05) is 54.6 Å². The van der Waals surface area contributed by atoms with Crippen LogP contribution in [0.25, 0.3) is 0 Å². The Morgan fingerprint density at radius 2 is 1.74 bits per heavy atom. The fourth-order valence-electron chi connectivity index (χ4n) is 1.92. The number of hydrogen-bond donors (Lipinski definition) is 1. The Kier molecular flexibility index (Phi) is 2.90. The highest BCUT2D eigenvalue weighted by molar-refractivity contribution is 6.68. The van der Waals surface area contributed by atoms with E-state index in [2.05, 4.69) is 15.5 Å². The van der Waals surface area contributed by atoms with Gasteiger partial charge in [0.1, 0.15) is 11.4 Å². The van der Waals surface area contributed by atoms with Gasteiger partial charge in [0.2, 0.25) is 0 Å². The molecule has 0 atom stereocenters. The summed E-state index contributed by atoms with van der Waals surface area (Å²) in [6, 6.07) is 17.1. The van der Waals surface area contributed by atoms with Gasteiger partial charge < -0.3 is 0 Å². The molecule has 0 bridgehead atoms. The van der Waals surface area contributed by atoms with Crippen LogP contribution in [-0.4, -0.2) is 17.7 Å². The second kappa shape index (κ2) is 4.86. The molecule has 4 nitrogen and oxygen atoms in total. The summed E-state index contributed by atoms with van der Waals surface area (Å²) in [5.74, 6) is 0. The highest BCUT2D eigenvalue weighted by Gasteiger charge is 2.21. The van der Waals surface area contributed by atoms with E-state index in [9.17, 15) is 4.79 Å². The molecule has 1 heterocycles. The molecule has 0 spiro atoms. The van der Waals surface area contributed by atoms with Crippen LogP contribution in [0.4, 0.5) is 11.4 Å². The van der Waals surface area contributed by atoms with Crippen LogP contribution in [-0.2, 0) is 4.79 Å². The van der Waals surface area contributed by atoms with Crippen LogP contribution in [0.3, 0.4) is 0 Å². The molecule has 92 valence electrons. The average Bonchev–Trinajstić information content (AvgIpc) is 2.84. The molecule has 1 N–H and O–H groups in total. The topological polar surface area (TPSA) is 53.8 Å². The molecule has 0 radical (unpaired) electrons. The third kappa shape index (κ3) is 2.15. The van der Waals surface area contributed by atoms with Gasteiger partial charge in [-0.05, 0) is 18.2 Å². The highest BCUT2D eigenvalue weighted by Crippen LogP contribution is 2.26. The number of para-hydroxylation sites is 2. The van der Waals surface area contributed by atoms with Crippen LogP contribution in [0.1, 0.15) is 5.56 Å².